The molecule has 1 N–H and O–H groups in total. The van der Waals surface area contributed by atoms with Gasteiger partial charge in [0.1, 0.15) is 11.5 Å². The van der Waals surface area contributed by atoms with E-state index in [1.807, 2.05) is 60.7 Å². The molecule has 0 saturated heterocycles. The number of hydrogen-bond donors (Lipinski definition) is 1. The Hall–Kier alpha value is -3.02. The number of benzene rings is 4. The van der Waals surface area contributed by atoms with Crippen molar-refractivity contribution in [3.63, 3.8) is 0 Å². The average molecular weight is 497 g/mol. The molecule has 0 aliphatic carbocycles. The minimum atomic E-state index is -0.200. The van der Waals surface area contributed by atoms with Crippen LogP contribution in [-0.4, -0.2) is 13.0 Å². The summed E-state index contributed by atoms with van der Waals surface area (Å²) in [5, 5.41) is 5.42. The number of carbonyl (C=O) groups excluding carboxylic acids is 1. The van der Waals surface area contributed by atoms with E-state index in [0.29, 0.717) is 28.0 Å². The van der Waals surface area contributed by atoms with Crippen molar-refractivity contribution in [3.8, 4) is 17.2 Å². The second-order valence-corrected chi connectivity index (χ2v) is 8.24. The Morgan fingerprint density at radius 1 is 0.968 bits per heavy atom. The molecule has 0 radical (unpaired) electrons. The van der Waals surface area contributed by atoms with Crippen LogP contribution in [0.4, 0.5) is 5.69 Å². The van der Waals surface area contributed by atoms with Crippen molar-refractivity contribution < 1.29 is 14.3 Å². The molecule has 0 bridgehead atoms. The average Bonchev–Trinajstić information content (AvgIpc) is 2.76. The van der Waals surface area contributed by atoms with Crippen LogP contribution in [0, 0.1) is 0 Å². The number of methoxy groups -OCH3 is 1. The van der Waals surface area contributed by atoms with E-state index in [0.717, 1.165) is 20.8 Å². The first-order valence-electron chi connectivity index (χ1n) is 9.61. The van der Waals surface area contributed by atoms with Gasteiger partial charge in [-0.05, 0) is 59.3 Å². The maximum atomic E-state index is 13.0. The molecule has 0 heterocycles. The van der Waals surface area contributed by atoms with E-state index in [-0.39, 0.29) is 12.3 Å². The molecule has 0 aliphatic heterocycles. The zero-order chi connectivity index (χ0) is 21.8. The highest BCUT2D eigenvalue weighted by molar-refractivity contribution is 9.10. The third kappa shape index (κ3) is 5.01. The summed E-state index contributed by atoms with van der Waals surface area (Å²) in [5.74, 6) is 1.64. The summed E-state index contributed by atoms with van der Waals surface area (Å²) in [6.45, 7) is 0. The van der Waals surface area contributed by atoms with Crippen LogP contribution in [0.5, 0.6) is 17.2 Å². The van der Waals surface area contributed by atoms with Crippen LogP contribution in [0.25, 0.3) is 10.8 Å². The standard InChI is InChI=1S/C25H19BrClNO3/c1-30-23-11-7-16-13-17(26)8-10-20(16)21(23)15-25(29)28-22-14-18(27)9-12-24(22)31-19-5-3-2-4-6-19/h2-14H,15H2,1H3,(H,28,29). The summed E-state index contributed by atoms with van der Waals surface area (Å²) in [6, 6.07) is 24.3. The number of para-hydroxylation sites is 1. The summed E-state index contributed by atoms with van der Waals surface area (Å²) in [7, 11) is 1.60. The first-order chi connectivity index (χ1) is 15.0. The first-order valence-corrected chi connectivity index (χ1v) is 10.8. The van der Waals surface area contributed by atoms with Crippen LogP contribution in [0.2, 0.25) is 5.02 Å². The van der Waals surface area contributed by atoms with Crippen LogP contribution in [-0.2, 0) is 11.2 Å². The Morgan fingerprint density at radius 3 is 2.52 bits per heavy atom. The molecular formula is C25H19BrClNO3. The molecule has 6 heteroatoms. The third-order valence-corrected chi connectivity index (χ3v) is 5.52. The van der Waals surface area contributed by atoms with Crippen molar-refractivity contribution in [2.24, 2.45) is 0 Å². The number of carbonyl (C=O) groups is 1. The van der Waals surface area contributed by atoms with Gasteiger partial charge in [0.25, 0.3) is 0 Å². The third-order valence-electron chi connectivity index (χ3n) is 4.79. The topological polar surface area (TPSA) is 47.6 Å². The van der Waals surface area contributed by atoms with Gasteiger partial charge in [0, 0.05) is 15.1 Å². The van der Waals surface area contributed by atoms with Crippen molar-refractivity contribution in [1.29, 1.82) is 0 Å². The molecule has 0 atom stereocenters. The Kier molecular flexibility index (Phi) is 6.44. The number of nitrogens with one attached hydrogen (secondary N) is 1. The second-order valence-electron chi connectivity index (χ2n) is 6.89. The Bertz CT molecular complexity index is 1240. The van der Waals surface area contributed by atoms with E-state index in [1.54, 1.807) is 25.3 Å². The van der Waals surface area contributed by atoms with Crippen molar-refractivity contribution in [3.05, 3.63) is 93.9 Å². The van der Waals surface area contributed by atoms with Gasteiger partial charge in [-0.1, -0.05) is 57.9 Å². The molecule has 4 aromatic carbocycles. The molecule has 0 spiro atoms. The molecule has 156 valence electrons. The predicted octanol–water partition coefficient (Wildman–Crippen LogP) is 7.24. The van der Waals surface area contributed by atoms with Gasteiger partial charge in [0.15, 0.2) is 5.75 Å². The van der Waals surface area contributed by atoms with Crippen molar-refractivity contribution in [2.45, 2.75) is 6.42 Å². The van der Waals surface area contributed by atoms with E-state index in [2.05, 4.69) is 21.2 Å². The van der Waals surface area contributed by atoms with Crippen LogP contribution < -0.4 is 14.8 Å². The largest absolute Gasteiger partial charge is 0.496 e. The molecule has 4 rings (SSSR count). The number of anilines is 1. The molecular weight excluding hydrogens is 478 g/mol. The minimum absolute atomic E-state index is 0.138. The lowest BCUT2D eigenvalue weighted by molar-refractivity contribution is -0.115. The van der Waals surface area contributed by atoms with Crippen molar-refractivity contribution in [2.75, 3.05) is 12.4 Å². The van der Waals surface area contributed by atoms with E-state index in [1.165, 1.54) is 0 Å². The fourth-order valence-corrected chi connectivity index (χ4v) is 3.93. The van der Waals surface area contributed by atoms with Gasteiger partial charge in [-0.2, -0.15) is 0 Å². The molecule has 1 amide bonds. The van der Waals surface area contributed by atoms with Crippen LogP contribution >= 0.6 is 27.5 Å². The van der Waals surface area contributed by atoms with Crippen molar-refractivity contribution >= 4 is 49.9 Å². The molecule has 31 heavy (non-hydrogen) atoms. The van der Waals surface area contributed by atoms with Gasteiger partial charge < -0.3 is 14.8 Å². The molecule has 4 aromatic rings. The SMILES string of the molecule is COc1ccc2cc(Br)ccc2c1CC(=O)Nc1cc(Cl)ccc1Oc1ccccc1. The number of hydrogen-bond acceptors (Lipinski definition) is 3. The quantitative estimate of drug-likeness (QED) is 0.306. The summed E-state index contributed by atoms with van der Waals surface area (Å²) >= 11 is 9.67. The van der Waals surface area contributed by atoms with Gasteiger partial charge in [0.2, 0.25) is 5.91 Å². The molecule has 0 aliphatic rings. The first kappa shape index (κ1) is 21.2. The van der Waals surface area contributed by atoms with Gasteiger partial charge in [-0.25, -0.2) is 0 Å². The maximum absolute atomic E-state index is 13.0. The molecule has 0 fully saturated rings. The number of fused-ring (bicyclic) bond motifs is 1. The summed E-state index contributed by atoms with van der Waals surface area (Å²) in [5.41, 5.74) is 1.32. The number of amides is 1. The normalized spacial score (nSPS) is 10.7. The number of halogens is 2. The highest BCUT2D eigenvalue weighted by Crippen LogP contribution is 2.34. The lowest BCUT2D eigenvalue weighted by atomic mass is 10.0. The van der Waals surface area contributed by atoms with E-state index in [9.17, 15) is 4.79 Å². The van der Waals surface area contributed by atoms with Gasteiger partial charge in [-0.15, -0.1) is 0 Å². The van der Waals surface area contributed by atoms with Crippen LogP contribution in [0.1, 0.15) is 5.56 Å². The Labute approximate surface area is 193 Å². The smallest absolute Gasteiger partial charge is 0.229 e. The number of ether oxygens (including phenoxy) is 2. The van der Waals surface area contributed by atoms with Crippen molar-refractivity contribution in [1.82, 2.24) is 0 Å². The molecule has 4 nitrogen and oxygen atoms in total. The lowest BCUT2D eigenvalue weighted by Crippen LogP contribution is -2.15. The molecule has 0 aromatic heterocycles. The highest BCUT2D eigenvalue weighted by atomic mass is 79.9. The zero-order valence-electron chi connectivity index (χ0n) is 16.7. The van der Waals surface area contributed by atoms with E-state index < -0.39 is 0 Å². The van der Waals surface area contributed by atoms with Gasteiger partial charge >= 0.3 is 0 Å². The molecule has 0 unspecified atom stereocenters. The maximum Gasteiger partial charge on any atom is 0.229 e. The van der Waals surface area contributed by atoms with Crippen LogP contribution in [0.3, 0.4) is 0 Å². The van der Waals surface area contributed by atoms with Crippen LogP contribution in [0.15, 0.2) is 83.3 Å². The zero-order valence-corrected chi connectivity index (χ0v) is 19.0. The Morgan fingerprint density at radius 2 is 1.74 bits per heavy atom. The Balaban J connectivity index is 1.62. The summed E-state index contributed by atoms with van der Waals surface area (Å²) < 4.78 is 12.4. The number of rotatable bonds is 6. The predicted molar refractivity (Wildman–Crippen MR) is 129 cm³/mol. The van der Waals surface area contributed by atoms with E-state index in [4.69, 9.17) is 21.1 Å². The molecule has 0 saturated carbocycles. The van der Waals surface area contributed by atoms with E-state index >= 15 is 0 Å². The fraction of sp³-hybridized carbons (Fsp3) is 0.0800. The highest BCUT2D eigenvalue weighted by Gasteiger charge is 2.15. The van der Waals surface area contributed by atoms with Gasteiger partial charge in [0.05, 0.1) is 19.2 Å². The summed E-state index contributed by atoms with van der Waals surface area (Å²) in [6.07, 6.45) is 0.138. The monoisotopic (exact) mass is 495 g/mol. The second kappa shape index (κ2) is 9.41. The minimum Gasteiger partial charge on any atom is -0.496 e. The fourth-order valence-electron chi connectivity index (χ4n) is 3.38. The van der Waals surface area contributed by atoms with Gasteiger partial charge in [-0.3, -0.25) is 4.79 Å². The lowest BCUT2D eigenvalue weighted by Gasteiger charge is -2.15. The summed E-state index contributed by atoms with van der Waals surface area (Å²) in [4.78, 5) is 13.0.